The van der Waals surface area contributed by atoms with Crippen LogP contribution in [0.3, 0.4) is 0 Å². The minimum atomic E-state index is -2.96. The van der Waals surface area contributed by atoms with E-state index >= 15 is 0 Å². The molecule has 7 nitrogen and oxygen atoms in total. The van der Waals surface area contributed by atoms with E-state index in [2.05, 4.69) is 30.7 Å². The van der Waals surface area contributed by atoms with Crippen LogP contribution in [0.25, 0.3) is 0 Å². The molecule has 1 aliphatic carbocycles. The number of rotatable bonds is 8. The van der Waals surface area contributed by atoms with Gasteiger partial charge in [0.25, 0.3) is 0 Å². The zero-order chi connectivity index (χ0) is 24.6. The van der Waals surface area contributed by atoms with Gasteiger partial charge in [-0.3, -0.25) is 0 Å². The van der Waals surface area contributed by atoms with E-state index in [4.69, 9.17) is 24.2 Å². The topological polar surface area (TPSA) is 79.3 Å². The van der Waals surface area contributed by atoms with Gasteiger partial charge in [0.05, 0.1) is 24.5 Å². The summed E-state index contributed by atoms with van der Waals surface area (Å²) >= 11 is 0. The highest BCUT2D eigenvalue weighted by molar-refractivity contribution is 5.45. The number of hydrogen-bond donors (Lipinski definition) is 0. The summed E-state index contributed by atoms with van der Waals surface area (Å²) in [6, 6.07) is 0. The average molecular weight is 465 g/mol. The van der Waals surface area contributed by atoms with Gasteiger partial charge in [0.1, 0.15) is 12.2 Å². The van der Waals surface area contributed by atoms with Crippen LogP contribution in [0, 0.1) is 0 Å². The second-order valence-electron chi connectivity index (χ2n) is 10.2. The highest BCUT2D eigenvalue weighted by Gasteiger charge is 2.47. The van der Waals surface area contributed by atoms with Gasteiger partial charge in [-0.25, -0.2) is 9.97 Å². The molecule has 9 heteroatoms. The Bertz CT molecular complexity index is 960. The van der Waals surface area contributed by atoms with Crippen LogP contribution >= 0.6 is 0 Å². The molecule has 2 heterocycles. The Balaban J connectivity index is 2.05. The third-order valence-electron chi connectivity index (χ3n) is 5.44. The number of nitrogens with zero attached hydrogens (tertiary/aromatic N) is 4. The number of halogens is 2. The molecule has 1 fully saturated rings. The van der Waals surface area contributed by atoms with Crippen LogP contribution in [0.2, 0.25) is 0 Å². The lowest BCUT2D eigenvalue weighted by molar-refractivity contribution is -0.0541. The predicted octanol–water partition coefficient (Wildman–Crippen LogP) is 5.53. The molecule has 0 saturated heterocycles. The maximum atomic E-state index is 13.0. The lowest BCUT2D eigenvalue weighted by Gasteiger charge is -2.25. The normalized spacial score (nSPS) is 18.4. The molecule has 182 valence electrons. The first-order valence-corrected chi connectivity index (χ1v) is 11.4. The molecule has 1 aliphatic rings. The minimum absolute atomic E-state index is 0.0344. The van der Waals surface area contributed by atoms with Crippen molar-refractivity contribution in [3.8, 4) is 17.6 Å². The van der Waals surface area contributed by atoms with Crippen molar-refractivity contribution in [1.29, 1.82) is 0 Å². The largest absolute Gasteiger partial charge is 0.478 e. The molecule has 2 unspecified atom stereocenters. The summed E-state index contributed by atoms with van der Waals surface area (Å²) < 4.78 is 42.5. The zero-order valence-electron chi connectivity index (χ0n) is 20.7. The Kier molecular flexibility index (Phi) is 7.10. The van der Waals surface area contributed by atoms with Gasteiger partial charge in [0, 0.05) is 17.4 Å². The van der Waals surface area contributed by atoms with Crippen molar-refractivity contribution >= 4 is 0 Å². The van der Waals surface area contributed by atoms with E-state index in [0.717, 1.165) is 12.0 Å². The Morgan fingerprint density at radius 1 is 0.848 bits per heavy atom. The van der Waals surface area contributed by atoms with Crippen molar-refractivity contribution in [3.05, 3.63) is 29.0 Å². The summed E-state index contributed by atoms with van der Waals surface area (Å²) in [4.78, 5) is 18.0. The van der Waals surface area contributed by atoms with Gasteiger partial charge in [-0.2, -0.15) is 18.7 Å². The van der Waals surface area contributed by atoms with Crippen molar-refractivity contribution in [2.24, 2.45) is 0 Å². The SMILES string of the molecule is CCOc1nc(C2CC2c2ncnc(OC(F)F)c2C(C)(C)C)nc(OCC)c1C(C)(C)C. The molecule has 0 bridgehead atoms. The molecular formula is C24H34F2N4O3. The Hall–Kier alpha value is -2.58. The first-order valence-electron chi connectivity index (χ1n) is 11.4. The van der Waals surface area contributed by atoms with Crippen LogP contribution in [0.4, 0.5) is 8.78 Å². The number of hydrogen-bond acceptors (Lipinski definition) is 7. The van der Waals surface area contributed by atoms with Gasteiger partial charge in [0.2, 0.25) is 17.6 Å². The quantitative estimate of drug-likeness (QED) is 0.508. The van der Waals surface area contributed by atoms with E-state index in [1.807, 2.05) is 34.6 Å². The predicted molar refractivity (Wildman–Crippen MR) is 121 cm³/mol. The molecule has 2 aromatic rings. The lowest BCUT2D eigenvalue weighted by Crippen LogP contribution is -2.20. The van der Waals surface area contributed by atoms with Crippen molar-refractivity contribution in [2.45, 2.75) is 91.1 Å². The van der Waals surface area contributed by atoms with E-state index in [0.29, 0.717) is 42.1 Å². The van der Waals surface area contributed by atoms with Gasteiger partial charge < -0.3 is 14.2 Å². The number of aromatic nitrogens is 4. The van der Waals surface area contributed by atoms with Crippen LogP contribution in [0.5, 0.6) is 17.6 Å². The van der Waals surface area contributed by atoms with Gasteiger partial charge in [-0.05, 0) is 31.1 Å². The summed E-state index contributed by atoms with van der Waals surface area (Å²) in [7, 11) is 0. The Labute approximate surface area is 194 Å². The summed E-state index contributed by atoms with van der Waals surface area (Å²) in [5, 5.41) is 0. The highest BCUT2D eigenvalue weighted by atomic mass is 19.3. The molecule has 3 rings (SSSR count). The summed E-state index contributed by atoms with van der Waals surface area (Å²) in [5.41, 5.74) is 1.34. The van der Waals surface area contributed by atoms with E-state index in [1.165, 1.54) is 6.33 Å². The Morgan fingerprint density at radius 2 is 1.39 bits per heavy atom. The molecule has 33 heavy (non-hydrogen) atoms. The van der Waals surface area contributed by atoms with Crippen LogP contribution in [-0.2, 0) is 10.8 Å². The maximum absolute atomic E-state index is 13.0. The fourth-order valence-corrected chi connectivity index (χ4v) is 4.05. The smallest absolute Gasteiger partial charge is 0.388 e. The summed E-state index contributed by atoms with van der Waals surface area (Å²) in [6.45, 7) is 13.8. The second-order valence-corrected chi connectivity index (χ2v) is 10.2. The summed E-state index contributed by atoms with van der Waals surface area (Å²) in [6.07, 6.45) is 2.01. The fraction of sp³-hybridized carbons (Fsp3) is 0.667. The molecule has 0 amide bonds. The molecule has 0 radical (unpaired) electrons. The molecule has 1 saturated carbocycles. The fourth-order valence-electron chi connectivity index (χ4n) is 4.05. The first-order chi connectivity index (χ1) is 15.4. The first kappa shape index (κ1) is 25.1. The van der Waals surface area contributed by atoms with E-state index in [1.54, 1.807) is 0 Å². The van der Waals surface area contributed by atoms with Crippen LogP contribution in [0.15, 0.2) is 6.33 Å². The van der Waals surface area contributed by atoms with Crippen molar-refractivity contribution in [2.75, 3.05) is 13.2 Å². The Morgan fingerprint density at radius 3 is 1.85 bits per heavy atom. The van der Waals surface area contributed by atoms with Crippen molar-refractivity contribution in [3.63, 3.8) is 0 Å². The lowest BCUT2D eigenvalue weighted by atomic mass is 9.85. The van der Waals surface area contributed by atoms with E-state index in [9.17, 15) is 8.78 Å². The molecule has 2 aromatic heterocycles. The number of ether oxygens (including phenoxy) is 3. The average Bonchev–Trinajstić information content (AvgIpc) is 3.46. The molecule has 0 spiro atoms. The highest BCUT2D eigenvalue weighted by Crippen LogP contribution is 2.56. The standard InChI is InChI=1S/C24H34F2N4O3/c1-9-31-20-16(24(6,7)8)21(32-10-2)30-18(29-20)14-11-13(14)17-15(23(3,4)5)19(28-12-27-17)33-22(25)26/h12-14,22H,9-11H2,1-8H3. The molecule has 2 atom stereocenters. The maximum Gasteiger partial charge on any atom is 0.388 e. The third-order valence-corrected chi connectivity index (χ3v) is 5.44. The molecule has 0 aliphatic heterocycles. The zero-order valence-corrected chi connectivity index (χ0v) is 20.7. The molecular weight excluding hydrogens is 430 g/mol. The van der Waals surface area contributed by atoms with Gasteiger partial charge in [-0.15, -0.1) is 0 Å². The van der Waals surface area contributed by atoms with Crippen LogP contribution < -0.4 is 14.2 Å². The van der Waals surface area contributed by atoms with Crippen molar-refractivity contribution < 1.29 is 23.0 Å². The second kappa shape index (κ2) is 9.35. The van der Waals surface area contributed by atoms with Gasteiger partial charge >= 0.3 is 6.61 Å². The molecule has 0 aromatic carbocycles. The van der Waals surface area contributed by atoms with E-state index in [-0.39, 0.29) is 23.1 Å². The van der Waals surface area contributed by atoms with Crippen molar-refractivity contribution in [1.82, 2.24) is 19.9 Å². The van der Waals surface area contributed by atoms with Gasteiger partial charge in [0.15, 0.2) is 0 Å². The van der Waals surface area contributed by atoms with E-state index < -0.39 is 12.0 Å². The summed E-state index contributed by atoms with van der Waals surface area (Å²) in [5.74, 6) is 1.49. The van der Waals surface area contributed by atoms with Gasteiger partial charge in [-0.1, -0.05) is 41.5 Å². The van der Waals surface area contributed by atoms with Crippen LogP contribution in [-0.4, -0.2) is 39.8 Å². The monoisotopic (exact) mass is 464 g/mol. The third kappa shape index (κ3) is 5.50. The minimum Gasteiger partial charge on any atom is -0.478 e. The van der Waals surface area contributed by atoms with Crippen LogP contribution in [0.1, 0.15) is 96.3 Å². The number of alkyl halides is 2. The molecule has 0 N–H and O–H groups in total.